The normalized spacial score (nSPS) is 12.7. The minimum Gasteiger partial charge on any atom is -0.393 e. The maximum Gasteiger partial charge on any atom is 0.123 e. The molecule has 0 spiro atoms. The Morgan fingerprint density at radius 3 is 2.81 bits per heavy atom. The van der Waals surface area contributed by atoms with E-state index in [2.05, 4.69) is 40.9 Å². The Bertz CT molecular complexity index is 871. The van der Waals surface area contributed by atoms with E-state index in [1.807, 2.05) is 32.1 Å². The van der Waals surface area contributed by atoms with Gasteiger partial charge in [0.1, 0.15) is 5.82 Å². The number of aryl methyl sites for hydroxylation is 2. The third-order valence-electron chi connectivity index (χ3n) is 4.21. The van der Waals surface area contributed by atoms with Gasteiger partial charge in [0.25, 0.3) is 0 Å². The predicted octanol–water partition coefficient (Wildman–Crippen LogP) is 4.38. The van der Waals surface area contributed by atoms with Crippen molar-refractivity contribution >= 4 is 17.2 Å². The number of aliphatic hydroxyl groups excluding tert-OH is 1. The van der Waals surface area contributed by atoms with Crippen LogP contribution in [0.2, 0.25) is 0 Å². The van der Waals surface area contributed by atoms with Gasteiger partial charge in [-0.1, -0.05) is 30.9 Å². The molecule has 0 aliphatic carbocycles. The Morgan fingerprint density at radius 2 is 2.15 bits per heavy atom. The van der Waals surface area contributed by atoms with Gasteiger partial charge in [-0.05, 0) is 74.6 Å². The highest BCUT2D eigenvalue weighted by Gasteiger charge is 2.03. The van der Waals surface area contributed by atoms with Gasteiger partial charge in [0.2, 0.25) is 0 Å². The zero-order valence-electron chi connectivity index (χ0n) is 16.2. The van der Waals surface area contributed by atoms with Crippen molar-refractivity contribution in [2.24, 2.45) is 4.99 Å². The van der Waals surface area contributed by atoms with Crippen LogP contribution in [-0.2, 0) is 6.42 Å². The first-order valence-corrected chi connectivity index (χ1v) is 9.20. The average Bonchev–Trinajstić information content (AvgIpc) is 2.66. The molecule has 1 heterocycles. The topological polar surface area (TPSA) is 71.5 Å². The van der Waals surface area contributed by atoms with E-state index >= 15 is 0 Å². The number of pyridine rings is 1. The number of aromatic nitrogens is 1. The van der Waals surface area contributed by atoms with Crippen LogP contribution in [0.4, 0.5) is 11.5 Å². The summed E-state index contributed by atoms with van der Waals surface area (Å²) in [5.41, 5.74) is 10.6. The van der Waals surface area contributed by atoms with Gasteiger partial charge in [0.05, 0.1) is 11.8 Å². The summed E-state index contributed by atoms with van der Waals surface area (Å²) in [7, 11) is 0. The molecule has 0 radical (unpaired) electrons. The number of allylic oxidation sites excluding steroid dienone is 2. The minimum absolute atomic E-state index is 0.222. The van der Waals surface area contributed by atoms with Crippen LogP contribution in [0.25, 0.3) is 0 Å². The van der Waals surface area contributed by atoms with Crippen molar-refractivity contribution in [3.05, 3.63) is 65.4 Å². The second-order valence-electron chi connectivity index (χ2n) is 6.55. The first kappa shape index (κ1) is 20.4. The lowest BCUT2D eigenvalue weighted by Crippen LogP contribution is -2.05. The lowest BCUT2D eigenvalue weighted by atomic mass is 10.0. The number of nitrogens with two attached hydrogens (primary N) is 1. The van der Waals surface area contributed by atoms with Crippen molar-refractivity contribution < 1.29 is 5.11 Å². The summed E-state index contributed by atoms with van der Waals surface area (Å²) < 4.78 is 0. The van der Waals surface area contributed by atoms with E-state index in [-0.39, 0.29) is 6.10 Å². The zero-order valence-corrected chi connectivity index (χ0v) is 16.2. The summed E-state index contributed by atoms with van der Waals surface area (Å²) in [6.45, 7) is 6.01. The average molecular weight is 361 g/mol. The molecule has 4 heteroatoms. The molecule has 2 aromatic rings. The van der Waals surface area contributed by atoms with Crippen molar-refractivity contribution in [3.8, 4) is 11.8 Å². The minimum atomic E-state index is -0.222. The van der Waals surface area contributed by atoms with E-state index in [0.717, 1.165) is 41.8 Å². The molecule has 1 atom stereocenters. The van der Waals surface area contributed by atoms with Crippen molar-refractivity contribution in [3.63, 3.8) is 0 Å². The van der Waals surface area contributed by atoms with Gasteiger partial charge in [0, 0.05) is 17.5 Å². The van der Waals surface area contributed by atoms with Crippen molar-refractivity contribution in [2.75, 3.05) is 5.73 Å². The molecule has 3 N–H and O–H groups in total. The largest absolute Gasteiger partial charge is 0.393 e. The number of hydrogen-bond acceptors (Lipinski definition) is 4. The van der Waals surface area contributed by atoms with Gasteiger partial charge >= 0.3 is 0 Å². The zero-order chi connectivity index (χ0) is 19.6. The summed E-state index contributed by atoms with van der Waals surface area (Å²) in [6, 6.07) is 9.83. The quantitative estimate of drug-likeness (QED) is 0.592. The van der Waals surface area contributed by atoms with Gasteiger partial charge in [-0.2, -0.15) is 0 Å². The number of aliphatic imine (C=N–C) groups is 1. The van der Waals surface area contributed by atoms with Gasteiger partial charge in [-0.15, -0.1) is 0 Å². The highest BCUT2D eigenvalue weighted by atomic mass is 16.3. The van der Waals surface area contributed by atoms with Crippen molar-refractivity contribution in [2.45, 2.75) is 46.1 Å². The number of nitrogens with zero attached hydrogens (tertiary/aromatic N) is 2. The van der Waals surface area contributed by atoms with Gasteiger partial charge in [0.15, 0.2) is 0 Å². The molecule has 2 rings (SSSR count). The Hall–Kier alpha value is -2.90. The summed E-state index contributed by atoms with van der Waals surface area (Å²) in [5, 5.41) is 9.70. The molecule has 1 unspecified atom stereocenters. The molecule has 4 nitrogen and oxygen atoms in total. The molecule has 0 saturated heterocycles. The molecule has 0 aliphatic rings. The van der Waals surface area contributed by atoms with Crippen LogP contribution in [0.3, 0.4) is 0 Å². The Balaban J connectivity index is 1.99. The van der Waals surface area contributed by atoms with E-state index in [1.165, 1.54) is 5.56 Å². The smallest absolute Gasteiger partial charge is 0.123 e. The summed E-state index contributed by atoms with van der Waals surface area (Å²) >= 11 is 0. The third-order valence-corrected chi connectivity index (χ3v) is 4.21. The maximum absolute atomic E-state index is 9.70. The highest BCUT2D eigenvalue weighted by Crippen LogP contribution is 2.21. The van der Waals surface area contributed by atoms with Crippen LogP contribution >= 0.6 is 0 Å². The maximum atomic E-state index is 9.70. The van der Waals surface area contributed by atoms with Gasteiger partial charge < -0.3 is 10.8 Å². The fraction of sp³-hybridized carbons (Fsp3) is 0.304. The molecular formula is C23H27N3O. The number of nitrogen functional groups attached to an aromatic ring is 1. The van der Waals surface area contributed by atoms with E-state index in [0.29, 0.717) is 5.82 Å². The monoisotopic (exact) mass is 361 g/mol. The number of benzene rings is 1. The lowest BCUT2D eigenvalue weighted by Gasteiger charge is -2.09. The molecule has 1 aromatic carbocycles. The number of aliphatic hydroxyl groups is 1. The van der Waals surface area contributed by atoms with Crippen LogP contribution in [0.15, 0.2) is 53.7 Å². The molecule has 0 amide bonds. The van der Waals surface area contributed by atoms with Crippen LogP contribution in [0, 0.1) is 18.8 Å². The van der Waals surface area contributed by atoms with Crippen LogP contribution < -0.4 is 5.73 Å². The molecule has 0 bridgehead atoms. The van der Waals surface area contributed by atoms with Crippen LogP contribution in [0.5, 0.6) is 0 Å². The van der Waals surface area contributed by atoms with Crippen LogP contribution in [0.1, 0.15) is 43.4 Å². The second-order valence-corrected chi connectivity index (χ2v) is 6.55. The molecular weight excluding hydrogens is 334 g/mol. The SMILES string of the molecule is CCC(O)CCc1ccc(N=C(C)/C=C/C#Cc2ccc(N)nc2)c(C)c1. The van der Waals surface area contributed by atoms with Crippen molar-refractivity contribution in [1.82, 2.24) is 4.98 Å². The predicted molar refractivity (Wildman–Crippen MR) is 113 cm³/mol. The number of rotatable bonds is 6. The van der Waals surface area contributed by atoms with Gasteiger partial charge in [-0.25, -0.2) is 4.98 Å². The lowest BCUT2D eigenvalue weighted by molar-refractivity contribution is 0.160. The molecule has 27 heavy (non-hydrogen) atoms. The fourth-order valence-corrected chi connectivity index (χ4v) is 2.53. The second kappa shape index (κ2) is 10.3. The third kappa shape index (κ3) is 7.08. The number of anilines is 1. The molecule has 0 saturated carbocycles. The Kier molecular flexibility index (Phi) is 7.79. The first-order chi connectivity index (χ1) is 13.0. The first-order valence-electron chi connectivity index (χ1n) is 9.20. The molecule has 0 fully saturated rings. The van der Waals surface area contributed by atoms with Crippen molar-refractivity contribution in [1.29, 1.82) is 0 Å². The molecule has 1 aromatic heterocycles. The Morgan fingerprint density at radius 1 is 1.33 bits per heavy atom. The fourth-order valence-electron chi connectivity index (χ4n) is 2.53. The van der Waals surface area contributed by atoms with Crippen LogP contribution in [-0.4, -0.2) is 21.9 Å². The Labute approximate surface area is 161 Å². The summed E-state index contributed by atoms with van der Waals surface area (Å²) in [6.07, 6.45) is 7.58. The summed E-state index contributed by atoms with van der Waals surface area (Å²) in [5.74, 6) is 6.47. The number of hydrogen-bond donors (Lipinski definition) is 2. The van der Waals surface area contributed by atoms with E-state index in [9.17, 15) is 5.11 Å². The van der Waals surface area contributed by atoms with E-state index < -0.39 is 0 Å². The van der Waals surface area contributed by atoms with Gasteiger partial charge in [-0.3, -0.25) is 4.99 Å². The van der Waals surface area contributed by atoms with E-state index in [4.69, 9.17) is 5.73 Å². The summed E-state index contributed by atoms with van der Waals surface area (Å²) in [4.78, 5) is 8.66. The molecule has 140 valence electrons. The standard InChI is InChI=1S/C23H27N3O/c1-4-21(27)12-9-19-10-13-22(17(2)15-19)26-18(3)7-5-6-8-20-11-14-23(24)25-16-20/h5,7,10-11,13-16,21,27H,4,9,12H2,1-3H3,(H2,24,25)/b7-5+,26-18?. The molecule has 0 aliphatic heterocycles. The highest BCUT2D eigenvalue weighted by molar-refractivity contribution is 5.95. The van der Waals surface area contributed by atoms with E-state index in [1.54, 1.807) is 18.3 Å².